The van der Waals surface area contributed by atoms with Crippen molar-refractivity contribution in [2.45, 2.75) is 6.61 Å². The Morgan fingerprint density at radius 1 is 1.31 bits per heavy atom. The molecule has 0 aliphatic rings. The number of benzene rings is 1. The molecule has 0 atom stereocenters. The van der Waals surface area contributed by atoms with E-state index in [9.17, 15) is 13.2 Å². The molecule has 6 heteroatoms. The molecule has 0 saturated heterocycles. The molecule has 0 aromatic heterocycles. The topological polar surface area (TPSA) is 35.2 Å². The first-order chi connectivity index (χ1) is 5.59. The lowest BCUT2D eigenvalue weighted by Crippen LogP contribution is -2.04. The van der Waals surface area contributed by atoms with E-state index in [2.05, 4.69) is 4.74 Å². The summed E-state index contributed by atoms with van der Waals surface area (Å²) in [7, 11) is 0. The fourth-order valence-electron chi connectivity index (χ4n) is 0.706. The Kier molecular flexibility index (Phi) is 4.40. The number of ether oxygens (including phenoxy) is 1. The van der Waals surface area contributed by atoms with Gasteiger partial charge in [-0.05, 0) is 12.1 Å². The monoisotopic (exact) mass is 213 g/mol. The van der Waals surface area contributed by atoms with Crippen LogP contribution in [0.1, 0.15) is 0 Å². The molecule has 0 unspecified atom stereocenters. The summed E-state index contributed by atoms with van der Waals surface area (Å²) in [4.78, 5) is 0. The van der Waals surface area contributed by atoms with Gasteiger partial charge in [-0.3, -0.25) is 0 Å². The van der Waals surface area contributed by atoms with E-state index in [1.807, 2.05) is 0 Å². The van der Waals surface area contributed by atoms with Crippen LogP contribution in [0.5, 0.6) is 5.75 Å². The van der Waals surface area contributed by atoms with Gasteiger partial charge < -0.3 is 10.5 Å². The summed E-state index contributed by atoms with van der Waals surface area (Å²) in [5.74, 6) is -1.39. The zero-order valence-corrected chi connectivity index (χ0v) is 7.15. The molecular weight excluding hydrogens is 207 g/mol. The van der Waals surface area contributed by atoms with Crippen LogP contribution in [0.15, 0.2) is 18.2 Å². The van der Waals surface area contributed by atoms with Gasteiger partial charge in [0.15, 0.2) is 11.6 Å². The van der Waals surface area contributed by atoms with Crippen LogP contribution in [0.25, 0.3) is 0 Å². The lowest BCUT2D eigenvalue weighted by Gasteiger charge is -2.05. The molecule has 2 nitrogen and oxygen atoms in total. The summed E-state index contributed by atoms with van der Waals surface area (Å²) in [6.07, 6.45) is 0. The van der Waals surface area contributed by atoms with Crippen LogP contribution in [0.3, 0.4) is 0 Å². The highest BCUT2D eigenvalue weighted by molar-refractivity contribution is 5.85. The Labute approximate surface area is 78.9 Å². The molecule has 0 fully saturated rings. The van der Waals surface area contributed by atoms with Gasteiger partial charge in [-0.15, -0.1) is 12.4 Å². The Morgan fingerprint density at radius 3 is 2.46 bits per heavy atom. The van der Waals surface area contributed by atoms with E-state index in [0.717, 1.165) is 12.1 Å². The lowest BCUT2D eigenvalue weighted by atomic mass is 10.3. The maximum absolute atomic E-state index is 12.6. The van der Waals surface area contributed by atoms with Crippen LogP contribution in [0, 0.1) is 5.82 Å². The Balaban J connectivity index is 0.00000144. The van der Waals surface area contributed by atoms with Crippen molar-refractivity contribution in [1.82, 2.24) is 0 Å². The fraction of sp³-hybridized carbons (Fsp3) is 0.143. The van der Waals surface area contributed by atoms with E-state index >= 15 is 0 Å². The van der Waals surface area contributed by atoms with Gasteiger partial charge in [0.05, 0.1) is 0 Å². The van der Waals surface area contributed by atoms with Crippen molar-refractivity contribution in [1.29, 1.82) is 0 Å². The predicted octanol–water partition coefficient (Wildman–Crippen LogP) is 2.43. The fourth-order valence-corrected chi connectivity index (χ4v) is 0.706. The molecule has 1 aromatic rings. The number of hydrogen-bond acceptors (Lipinski definition) is 2. The third kappa shape index (κ3) is 3.42. The number of nitrogens with two attached hydrogens (primary N) is 1. The minimum absolute atomic E-state index is 0. The highest BCUT2D eigenvalue weighted by atomic mass is 35.5. The number of rotatable bonds is 2. The third-order valence-electron chi connectivity index (χ3n) is 1.17. The maximum Gasteiger partial charge on any atom is 0.387 e. The zero-order chi connectivity index (χ0) is 9.14. The second kappa shape index (κ2) is 4.81. The maximum atomic E-state index is 12.6. The molecule has 74 valence electrons. The summed E-state index contributed by atoms with van der Waals surface area (Å²) in [5, 5.41) is 0. The van der Waals surface area contributed by atoms with Gasteiger partial charge in [0.1, 0.15) is 0 Å². The molecule has 2 N–H and O–H groups in total. The van der Waals surface area contributed by atoms with Crippen molar-refractivity contribution in [2.75, 3.05) is 5.73 Å². The van der Waals surface area contributed by atoms with Crippen molar-refractivity contribution in [3.05, 3.63) is 24.0 Å². The summed E-state index contributed by atoms with van der Waals surface area (Å²) in [6, 6.07) is 3.22. The first kappa shape index (κ1) is 11.9. The van der Waals surface area contributed by atoms with Gasteiger partial charge in [-0.25, -0.2) is 4.39 Å². The van der Waals surface area contributed by atoms with Crippen molar-refractivity contribution in [2.24, 2.45) is 0 Å². The molecule has 1 aromatic carbocycles. The van der Waals surface area contributed by atoms with Crippen molar-refractivity contribution >= 4 is 18.1 Å². The number of hydrogen-bond donors (Lipinski definition) is 1. The smallest absolute Gasteiger partial charge is 0.387 e. The lowest BCUT2D eigenvalue weighted by molar-refractivity contribution is -0.0521. The van der Waals surface area contributed by atoms with E-state index in [-0.39, 0.29) is 18.1 Å². The molecular formula is C7H7ClF3NO. The Hall–Kier alpha value is -1.10. The van der Waals surface area contributed by atoms with Crippen molar-refractivity contribution < 1.29 is 17.9 Å². The largest absolute Gasteiger partial charge is 0.432 e. The molecule has 13 heavy (non-hydrogen) atoms. The van der Waals surface area contributed by atoms with Crippen LogP contribution >= 0.6 is 12.4 Å². The van der Waals surface area contributed by atoms with Gasteiger partial charge in [-0.2, -0.15) is 8.78 Å². The van der Waals surface area contributed by atoms with Gasteiger partial charge >= 0.3 is 6.61 Å². The number of anilines is 1. The highest BCUT2D eigenvalue weighted by Gasteiger charge is 2.09. The summed E-state index contributed by atoms with van der Waals surface area (Å²) < 4.78 is 39.7. The minimum Gasteiger partial charge on any atom is -0.432 e. The molecule has 0 bridgehead atoms. The zero-order valence-electron chi connectivity index (χ0n) is 6.34. The Morgan fingerprint density at radius 2 is 1.92 bits per heavy atom. The van der Waals surface area contributed by atoms with Gasteiger partial charge in [0, 0.05) is 11.8 Å². The van der Waals surface area contributed by atoms with Gasteiger partial charge in [0.2, 0.25) is 0 Å². The highest BCUT2D eigenvalue weighted by Crippen LogP contribution is 2.21. The summed E-state index contributed by atoms with van der Waals surface area (Å²) in [6.45, 7) is -3.04. The van der Waals surface area contributed by atoms with E-state index in [1.165, 1.54) is 6.07 Å². The molecule has 0 radical (unpaired) electrons. The first-order valence-electron chi connectivity index (χ1n) is 3.09. The van der Waals surface area contributed by atoms with E-state index in [0.29, 0.717) is 0 Å². The molecule has 0 saturated carbocycles. The molecule has 1 rings (SSSR count). The van der Waals surface area contributed by atoms with Crippen LogP contribution in [0.4, 0.5) is 18.9 Å². The molecule has 0 aliphatic heterocycles. The standard InChI is InChI=1S/C7H6F3NO.ClH/c8-5-2-1-4(11)3-6(5)12-7(9)10;/h1-3,7H,11H2;1H. The van der Waals surface area contributed by atoms with Crippen LogP contribution in [-0.4, -0.2) is 6.61 Å². The first-order valence-corrected chi connectivity index (χ1v) is 3.09. The van der Waals surface area contributed by atoms with Crippen LogP contribution in [-0.2, 0) is 0 Å². The minimum atomic E-state index is -3.04. The van der Waals surface area contributed by atoms with Crippen molar-refractivity contribution in [3.8, 4) is 5.75 Å². The van der Waals surface area contributed by atoms with Gasteiger partial charge in [0.25, 0.3) is 0 Å². The molecule has 0 aliphatic carbocycles. The average Bonchev–Trinajstić information content (AvgIpc) is 1.96. The van der Waals surface area contributed by atoms with Crippen LogP contribution < -0.4 is 10.5 Å². The van der Waals surface area contributed by atoms with E-state index in [4.69, 9.17) is 5.73 Å². The van der Waals surface area contributed by atoms with Crippen molar-refractivity contribution in [3.63, 3.8) is 0 Å². The molecule has 0 heterocycles. The number of nitrogen functional groups attached to an aromatic ring is 1. The molecule has 0 spiro atoms. The Bertz CT molecular complexity index is 282. The number of alkyl halides is 2. The summed E-state index contributed by atoms with van der Waals surface area (Å²) >= 11 is 0. The average molecular weight is 214 g/mol. The summed E-state index contributed by atoms with van der Waals surface area (Å²) in [5.41, 5.74) is 5.38. The normalized spacial score (nSPS) is 9.54. The second-order valence-corrected chi connectivity index (χ2v) is 2.07. The number of halogens is 4. The van der Waals surface area contributed by atoms with Gasteiger partial charge in [-0.1, -0.05) is 0 Å². The van der Waals surface area contributed by atoms with Crippen LogP contribution in [0.2, 0.25) is 0 Å². The molecule has 0 amide bonds. The quantitative estimate of drug-likeness (QED) is 0.766. The van der Waals surface area contributed by atoms with E-state index in [1.54, 1.807) is 0 Å². The predicted molar refractivity (Wildman–Crippen MR) is 44.7 cm³/mol. The third-order valence-corrected chi connectivity index (χ3v) is 1.17. The SMILES string of the molecule is Cl.Nc1ccc(F)c(OC(F)F)c1. The second-order valence-electron chi connectivity index (χ2n) is 2.07. The van der Waals surface area contributed by atoms with E-state index < -0.39 is 18.2 Å².